The lowest BCUT2D eigenvalue weighted by atomic mass is 9.89. The Labute approximate surface area is 157 Å². The number of halogens is 1. The molecule has 0 spiro atoms. The standard InChI is InChI=1S/C20H22ClN3S/c1-4-24(14-7-5-6-12(2)10-14)18-17-15-9-8-13(3)11-16(15)25-19(17)23-20(21)22-18/h5-7,10,13H,4,8-9,11H2,1-3H3. The van der Waals surface area contributed by atoms with E-state index in [9.17, 15) is 0 Å². The van der Waals surface area contributed by atoms with Crippen molar-refractivity contribution in [2.24, 2.45) is 5.92 Å². The number of hydrogen-bond donors (Lipinski definition) is 0. The summed E-state index contributed by atoms with van der Waals surface area (Å²) in [6, 6.07) is 8.55. The lowest BCUT2D eigenvalue weighted by Crippen LogP contribution is -2.19. The van der Waals surface area contributed by atoms with Gasteiger partial charge in [-0.3, -0.25) is 0 Å². The fourth-order valence-corrected chi connectivity index (χ4v) is 5.34. The molecule has 1 aliphatic carbocycles. The van der Waals surface area contributed by atoms with Crippen molar-refractivity contribution in [2.45, 2.75) is 40.0 Å². The predicted octanol–water partition coefficient (Wildman–Crippen LogP) is 5.94. The Hall–Kier alpha value is -1.65. The molecule has 0 saturated carbocycles. The van der Waals surface area contributed by atoms with Crippen LogP contribution in [0.2, 0.25) is 5.28 Å². The van der Waals surface area contributed by atoms with Crippen LogP contribution in [0, 0.1) is 12.8 Å². The average Bonchev–Trinajstić information content (AvgIpc) is 2.92. The first-order valence-corrected chi connectivity index (χ1v) is 10.1. The largest absolute Gasteiger partial charge is 0.326 e. The number of benzene rings is 1. The van der Waals surface area contributed by atoms with Gasteiger partial charge in [-0.15, -0.1) is 11.3 Å². The predicted molar refractivity (Wildman–Crippen MR) is 107 cm³/mol. The summed E-state index contributed by atoms with van der Waals surface area (Å²) < 4.78 is 0. The molecule has 4 rings (SSSR count). The van der Waals surface area contributed by atoms with Gasteiger partial charge in [-0.25, -0.2) is 4.98 Å². The topological polar surface area (TPSA) is 29.0 Å². The number of fused-ring (bicyclic) bond motifs is 3. The summed E-state index contributed by atoms with van der Waals surface area (Å²) in [6.45, 7) is 7.45. The maximum Gasteiger partial charge on any atom is 0.225 e. The lowest BCUT2D eigenvalue weighted by Gasteiger charge is -2.25. The van der Waals surface area contributed by atoms with E-state index < -0.39 is 0 Å². The molecule has 1 aromatic carbocycles. The van der Waals surface area contributed by atoms with Gasteiger partial charge in [0.2, 0.25) is 5.28 Å². The van der Waals surface area contributed by atoms with Crippen molar-refractivity contribution >= 4 is 44.7 Å². The monoisotopic (exact) mass is 371 g/mol. The third-order valence-corrected chi connectivity index (χ3v) is 6.31. The second-order valence-electron chi connectivity index (χ2n) is 6.93. The molecule has 0 amide bonds. The Kier molecular flexibility index (Phi) is 4.42. The summed E-state index contributed by atoms with van der Waals surface area (Å²) in [4.78, 5) is 14.0. The zero-order valence-electron chi connectivity index (χ0n) is 14.8. The number of anilines is 2. The molecule has 0 aliphatic heterocycles. The minimum Gasteiger partial charge on any atom is -0.326 e. The summed E-state index contributed by atoms with van der Waals surface area (Å²) in [7, 11) is 0. The summed E-state index contributed by atoms with van der Waals surface area (Å²) >= 11 is 8.09. The Morgan fingerprint density at radius 3 is 2.92 bits per heavy atom. The fraction of sp³-hybridized carbons (Fsp3) is 0.400. The van der Waals surface area contributed by atoms with Crippen LogP contribution in [0.25, 0.3) is 10.2 Å². The molecule has 3 aromatic rings. The molecule has 130 valence electrons. The molecule has 0 N–H and O–H groups in total. The number of nitrogens with zero attached hydrogens (tertiary/aromatic N) is 3. The molecule has 2 heterocycles. The second kappa shape index (κ2) is 6.58. The van der Waals surface area contributed by atoms with Crippen molar-refractivity contribution in [3.05, 3.63) is 45.6 Å². The molecule has 2 aromatic heterocycles. The van der Waals surface area contributed by atoms with E-state index in [1.165, 1.54) is 27.8 Å². The van der Waals surface area contributed by atoms with Crippen molar-refractivity contribution in [3.63, 3.8) is 0 Å². The zero-order chi connectivity index (χ0) is 17.6. The van der Waals surface area contributed by atoms with Crippen molar-refractivity contribution < 1.29 is 0 Å². The molecular formula is C20H22ClN3S. The highest BCUT2D eigenvalue weighted by molar-refractivity contribution is 7.19. The highest BCUT2D eigenvalue weighted by atomic mass is 35.5. The first-order valence-electron chi connectivity index (χ1n) is 8.88. The highest BCUT2D eigenvalue weighted by Crippen LogP contribution is 2.42. The van der Waals surface area contributed by atoms with Gasteiger partial charge in [-0.05, 0) is 73.9 Å². The van der Waals surface area contributed by atoms with E-state index >= 15 is 0 Å². The SMILES string of the molecule is CCN(c1cccc(C)c1)c1nc(Cl)nc2sc3c(c12)CCC(C)C3. The van der Waals surface area contributed by atoms with Crippen LogP contribution in [0.5, 0.6) is 0 Å². The van der Waals surface area contributed by atoms with E-state index in [1.807, 2.05) is 0 Å². The van der Waals surface area contributed by atoms with Gasteiger partial charge >= 0.3 is 0 Å². The van der Waals surface area contributed by atoms with Gasteiger partial charge in [0.25, 0.3) is 0 Å². The van der Waals surface area contributed by atoms with Crippen LogP contribution < -0.4 is 4.90 Å². The second-order valence-corrected chi connectivity index (χ2v) is 8.35. The average molecular weight is 372 g/mol. The van der Waals surface area contributed by atoms with Gasteiger partial charge in [-0.2, -0.15) is 4.98 Å². The Morgan fingerprint density at radius 1 is 1.32 bits per heavy atom. The van der Waals surface area contributed by atoms with Crippen molar-refractivity contribution in [1.82, 2.24) is 9.97 Å². The van der Waals surface area contributed by atoms with Crippen molar-refractivity contribution in [2.75, 3.05) is 11.4 Å². The minimum atomic E-state index is 0.334. The van der Waals surface area contributed by atoms with Crippen LogP contribution in [0.3, 0.4) is 0 Å². The fourth-order valence-electron chi connectivity index (χ4n) is 3.74. The molecular weight excluding hydrogens is 350 g/mol. The lowest BCUT2D eigenvalue weighted by molar-refractivity contribution is 0.509. The van der Waals surface area contributed by atoms with Gasteiger partial charge in [-0.1, -0.05) is 19.1 Å². The van der Waals surface area contributed by atoms with E-state index in [4.69, 9.17) is 11.6 Å². The molecule has 0 fully saturated rings. The van der Waals surface area contributed by atoms with Crippen LogP contribution in [0.15, 0.2) is 24.3 Å². The molecule has 0 bridgehead atoms. The summed E-state index contributed by atoms with van der Waals surface area (Å²) in [5.41, 5.74) is 3.84. The van der Waals surface area contributed by atoms with Crippen LogP contribution in [0.1, 0.15) is 36.3 Å². The molecule has 0 radical (unpaired) electrons. The van der Waals surface area contributed by atoms with Gasteiger partial charge in [0.1, 0.15) is 10.6 Å². The Balaban J connectivity index is 1.93. The molecule has 1 atom stereocenters. The first-order chi connectivity index (χ1) is 12.1. The highest BCUT2D eigenvalue weighted by Gasteiger charge is 2.26. The number of hydrogen-bond acceptors (Lipinski definition) is 4. The maximum absolute atomic E-state index is 6.29. The number of aromatic nitrogens is 2. The summed E-state index contributed by atoms with van der Waals surface area (Å²) in [5.74, 6) is 1.70. The summed E-state index contributed by atoms with van der Waals surface area (Å²) in [6.07, 6.45) is 3.49. The van der Waals surface area contributed by atoms with Gasteiger partial charge in [0, 0.05) is 17.1 Å². The first kappa shape index (κ1) is 16.8. The molecule has 1 aliphatic rings. The Morgan fingerprint density at radius 2 is 2.16 bits per heavy atom. The number of rotatable bonds is 3. The third-order valence-electron chi connectivity index (χ3n) is 4.99. The van der Waals surface area contributed by atoms with Crippen molar-refractivity contribution in [3.8, 4) is 0 Å². The van der Waals surface area contributed by atoms with E-state index in [-0.39, 0.29) is 0 Å². The molecule has 5 heteroatoms. The number of thiophene rings is 1. The molecule has 25 heavy (non-hydrogen) atoms. The third kappa shape index (κ3) is 3.02. The molecule has 0 saturated heterocycles. The normalized spacial score (nSPS) is 16.9. The van der Waals surface area contributed by atoms with E-state index in [2.05, 4.69) is 59.9 Å². The van der Waals surface area contributed by atoms with Crippen LogP contribution >= 0.6 is 22.9 Å². The van der Waals surface area contributed by atoms with Crippen LogP contribution in [0.4, 0.5) is 11.5 Å². The van der Waals surface area contributed by atoms with E-state index in [1.54, 1.807) is 11.3 Å². The van der Waals surface area contributed by atoms with Crippen LogP contribution in [-0.2, 0) is 12.8 Å². The van der Waals surface area contributed by atoms with E-state index in [0.29, 0.717) is 5.28 Å². The maximum atomic E-state index is 6.29. The zero-order valence-corrected chi connectivity index (χ0v) is 16.4. The quantitative estimate of drug-likeness (QED) is 0.534. The van der Waals surface area contributed by atoms with Gasteiger partial charge < -0.3 is 4.90 Å². The molecule has 1 unspecified atom stereocenters. The summed E-state index contributed by atoms with van der Waals surface area (Å²) in [5, 5.41) is 1.54. The minimum absolute atomic E-state index is 0.334. The van der Waals surface area contributed by atoms with Gasteiger partial charge in [0.15, 0.2) is 0 Å². The van der Waals surface area contributed by atoms with Crippen LogP contribution in [-0.4, -0.2) is 16.5 Å². The number of aryl methyl sites for hydroxylation is 2. The van der Waals surface area contributed by atoms with Gasteiger partial charge in [0.05, 0.1) is 5.39 Å². The van der Waals surface area contributed by atoms with E-state index in [0.717, 1.165) is 41.6 Å². The molecule has 3 nitrogen and oxygen atoms in total. The van der Waals surface area contributed by atoms with Crippen molar-refractivity contribution in [1.29, 1.82) is 0 Å². The Bertz CT molecular complexity index is 934. The smallest absolute Gasteiger partial charge is 0.225 e.